The molecule has 0 aliphatic heterocycles. The van der Waals surface area contributed by atoms with Crippen LogP contribution in [0.1, 0.15) is 47.3 Å². The van der Waals surface area contributed by atoms with Gasteiger partial charge in [0.15, 0.2) is 5.13 Å². The summed E-state index contributed by atoms with van der Waals surface area (Å²) in [6, 6.07) is 9.42. The van der Waals surface area contributed by atoms with E-state index in [0.717, 1.165) is 18.4 Å². The van der Waals surface area contributed by atoms with Crippen LogP contribution in [0.5, 0.6) is 5.88 Å². The topological polar surface area (TPSA) is 93.2 Å². The summed E-state index contributed by atoms with van der Waals surface area (Å²) in [4.78, 5) is 33.2. The molecule has 7 nitrogen and oxygen atoms in total. The lowest BCUT2D eigenvalue weighted by Crippen LogP contribution is -2.25. The highest BCUT2D eigenvalue weighted by molar-refractivity contribution is 7.14. The molecule has 0 bridgehead atoms. The van der Waals surface area contributed by atoms with Crippen molar-refractivity contribution in [3.05, 3.63) is 70.6 Å². The number of anilines is 1. The molecule has 0 unspecified atom stereocenters. The van der Waals surface area contributed by atoms with E-state index in [1.807, 2.05) is 12.1 Å². The molecule has 0 spiro atoms. The van der Waals surface area contributed by atoms with E-state index in [1.165, 1.54) is 42.4 Å². The zero-order valence-corrected chi connectivity index (χ0v) is 18.2. The Balaban J connectivity index is 1.29. The molecule has 1 fully saturated rings. The molecular formula is C23H23FN4O3S. The normalized spacial score (nSPS) is 13.7. The second-order valence-electron chi connectivity index (χ2n) is 7.52. The van der Waals surface area contributed by atoms with Gasteiger partial charge in [-0.2, -0.15) is 0 Å². The molecule has 0 atom stereocenters. The molecule has 1 aliphatic carbocycles. The van der Waals surface area contributed by atoms with E-state index in [0.29, 0.717) is 23.3 Å². The number of thiazole rings is 1. The molecule has 2 amide bonds. The Labute approximate surface area is 189 Å². The van der Waals surface area contributed by atoms with Gasteiger partial charge >= 0.3 is 0 Å². The number of pyridine rings is 1. The Hall–Kier alpha value is -3.33. The van der Waals surface area contributed by atoms with Gasteiger partial charge in [-0.05, 0) is 43.9 Å². The smallest absolute Gasteiger partial charge is 0.260 e. The van der Waals surface area contributed by atoms with Crippen molar-refractivity contribution in [1.82, 2.24) is 15.3 Å². The molecule has 1 aliphatic rings. The van der Waals surface area contributed by atoms with Gasteiger partial charge in [0.25, 0.3) is 5.91 Å². The van der Waals surface area contributed by atoms with Gasteiger partial charge in [-0.1, -0.05) is 18.2 Å². The number of amides is 2. The third-order valence-corrected chi connectivity index (χ3v) is 5.95. The Morgan fingerprint density at radius 1 is 1.16 bits per heavy atom. The number of ether oxygens (including phenoxy) is 1. The van der Waals surface area contributed by atoms with Crippen molar-refractivity contribution in [2.24, 2.45) is 0 Å². The van der Waals surface area contributed by atoms with Crippen LogP contribution in [0, 0.1) is 5.82 Å². The number of nitrogens with one attached hydrogen (secondary N) is 2. The largest absolute Gasteiger partial charge is 0.474 e. The van der Waals surface area contributed by atoms with Crippen LogP contribution in [0.4, 0.5) is 9.52 Å². The van der Waals surface area contributed by atoms with Crippen molar-refractivity contribution in [2.75, 3.05) is 5.32 Å². The fourth-order valence-electron chi connectivity index (χ4n) is 3.51. The molecular weight excluding hydrogens is 431 g/mol. The quantitative estimate of drug-likeness (QED) is 0.534. The number of aromatic nitrogens is 2. The monoisotopic (exact) mass is 454 g/mol. The van der Waals surface area contributed by atoms with E-state index in [4.69, 9.17) is 4.74 Å². The van der Waals surface area contributed by atoms with Crippen LogP contribution < -0.4 is 15.4 Å². The lowest BCUT2D eigenvalue weighted by atomic mass is 10.2. The number of hydrogen-bond acceptors (Lipinski definition) is 6. The first-order valence-corrected chi connectivity index (χ1v) is 11.3. The summed E-state index contributed by atoms with van der Waals surface area (Å²) in [5.74, 6) is -0.836. The number of nitrogens with zero attached hydrogens (tertiary/aromatic N) is 2. The minimum absolute atomic E-state index is 0.0607. The molecule has 4 rings (SSSR count). The second-order valence-corrected chi connectivity index (χ2v) is 8.38. The number of rotatable bonds is 8. The molecule has 3 aromatic rings. The lowest BCUT2D eigenvalue weighted by Gasteiger charge is -2.15. The highest BCUT2D eigenvalue weighted by Gasteiger charge is 2.19. The van der Waals surface area contributed by atoms with Crippen molar-refractivity contribution in [2.45, 2.75) is 44.8 Å². The van der Waals surface area contributed by atoms with Crippen molar-refractivity contribution in [3.63, 3.8) is 0 Å². The van der Waals surface area contributed by atoms with E-state index in [-0.39, 0.29) is 24.0 Å². The third kappa shape index (κ3) is 5.67. The zero-order chi connectivity index (χ0) is 22.3. The maximum absolute atomic E-state index is 13.7. The molecule has 2 heterocycles. The Bertz CT molecular complexity index is 1100. The van der Waals surface area contributed by atoms with E-state index in [2.05, 4.69) is 20.6 Å². The maximum atomic E-state index is 13.7. The van der Waals surface area contributed by atoms with Crippen molar-refractivity contribution in [1.29, 1.82) is 0 Å². The van der Waals surface area contributed by atoms with Crippen molar-refractivity contribution < 1.29 is 18.7 Å². The fourth-order valence-corrected chi connectivity index (χ4v) is 4.21. The van der Waals surface area contributed by atoms with Gasteiger partial charge in [-0.3, -0.25) is 14.9 Å². The molecule has 0 saturated heterocycles. The summed E-state index contributed by atoms with van der Waals surface area (Å²) in [6.45, 7) is 0.301. The highest BCUT2D eigenvalue weighted by atomic mass is 32.1. The molecule has 2 N–H and O–H groups in total. The van der Waals surface area contributed by atoms with Crippen molar-refractivity contribution in [3.8, 4) is 5.88 Å². The lowest BCUT2D eigenvalue weighted by molar-refractivity contribution is -0.120. The first-order valence-electron chi connectivity index (χ1n) is 10.5. The van der Waals surface area contributed by atoms with Crippen molar-refractivity contribution >= 4 is 28.3 Å². The van der Waals surface area contributed by atoms with Gasteiger partial charge in [-0.25, -0.2) is 14.4 Å². The maximum Gasteiger partial charge on any atom is 0.260 e. The summed E-state index contributed by atoms with van der Waals surface area (Å²) in [7, 11) is 0. The van der Waals surface area contributed by atoms with E-state index >= 15 is 0 Å². The molecule has 2 aromatic heterocycles. The van der Waals surface area contributed by atoms with Gasteiger partial charge in [0.05, 0.1) is 17.7 Å². The van der Waals surface area contributed by atoms with Gasteiger partial charge < -0.3 is 10.1 Å². The molecule has 9 heteroatoms. The second kappa shape index (κ2) is 10.3. The summed E-state index contributed by atoms with van der Waals surface area (Å²) in [5.41, 5.74) is 1.28. The number of benzene rings is 1. The minimum atomic E-state index is -0.604. The Morgan fingerprint density at radius 3 is 2.78 bits per heavy atom. The van der Waals surface area contributed by atoms with E-state index in [9.17, 15) is 14.0 Å². The third-order valence-electron chi connectivity index (χ3n) is 5.14. The van der Waals surface area contributed by atoms with Crippen LogP contribution >= 0.6 is 11.3 Å². The number of carbonyl (C=O) groups is 2. The SMILES string of the molecule is O=C(Cc1csc(NC(=O)c2ccccc2F)n1)NCc1cccnc1OC1CCCC1. The highest BCUT2D eigenvalue weighted by Crippen LogP contribution is 2.25. The van der Waals surface area contributed by atoms with Gasteiger partial charge in [0.1, 0.15) is 11.9 Å². The van der Waals surface area contributed by atoms with Crippen LogP contribution in [0.25, 0.3) is 0 Å². The van der Waals surface area contributed by atoms with Crippen LogP contribution in [0.3, 0.4) is 0 Å². The van der Waals surface area contributed by atoms with Gasteiger partial charge in [0, 0.05) is 23.7 Å². The average Bonchev–Trinajstić information content (AvgIpc) is 3.45. The first-order chi connectivity index (χ1) is 15.6. The molecule has 0 radical (unpaired) electrons. The summed E-state index contributed by atoms with van der Waals surface area (Å²) in [5, 5.41) is 7.42. The van der Waals surface area contributed by atoms with E-state index < -0.39 is 11.7 Å². The minimum Gasteiger partial charge on any atom is -0.474 e. The number of halogens is 1. The first kappa shape index (κ1) is 21.9. The fraction of sp³-hybridized carbons (Fsp3) is 0.304. The summed E-state index contributed by atoms with van der Waals surface area (Å²) >= 11 is 1.18. The molecule has 1 aromatic carbocycles. The van der Waals surface area contributed by atoms with Crippen LogP contribution in [-0.2, 0) is 17.8 Å². The average molecular weight is 455 g/mol. The van der Waals surface area contributed by atoms with Crippen LogP contribution in [0.2, 0.25) is 0 Å². The molecule has 1 saturated carbocycles. The Kier molecular flexibility index (Phi) is 7.06. The Morgan fingerprint density at radius 2 is 1.97 bits per heavy atom. The van der Waals surface area contributed by atoms with Gasteiger partial charge in [0.2, 0.25) is 11.8 Å². The van der Waals surface area contributed by atoms with Crippen LogP contribution in [-0.4, -0.2) is 27.9 Å². The molecule has 32 heavy (non-hydrogen) atoms. The summed E-state index contributed by atoms with van der Waals surface area (Å²) < 4.78 is 19.7. The number of hydrogen-bond donors (Lipinski definition) is 2. The summed E-state index contributed by atoms with van der Waals surface area (Å²) in [6.07, 6.45) is 6.32. The molecule has 166 valence electrons. The van der Waals surface area contributed by atoms with E-state index in [1.54, 1.807) is 17.6 Å². The zero-order valence-electron chi connectivity index (χ0n) is 17.3. The van der Waals surface area contributed by atoms with Crippen LogP contribution in [0.15, 0.2) is 48.0 Å². The standard InChI is InChI=1S/C23H23FN4O3S/c24-19-10-4-3-9-18(19)21(30)28-23-27-16(14-32-23)12-20(29)26-13-15-6-5-11-25-22(15)31-17-7-1-2-8-17/h3-6,9-11,14,17H,1-2,7-8,12-13H2,(H,26,29)(H,27,28,30). The number of carbonyl (C=O) groups excluding carboxylic acids is 2. The predicted molar refractivity (Wildman–Crippen MR) is 119 cm³/mol. The predicted octanol–water partition coefficient (Wildman–Crippen LogP) is 4.11. The van der Waals surface area contributed by atoms with Gasteiger partial charge in [-0.15, -0.1) is 11.3 Å².